The predicted molar refractivity (Wildman–Crippen MR) is 89.1 cm³/mol. The highest BCUT2D eigenvalue weighted by molar-refractivity contribution is 5.77. The van der Waals surface area contributed by atoms with E-state index in [4.69, 9.17) is 5.73 Å². The van der Waals surface area contributed by atoms with Crippen LogP contribution in [-0.2, 0) is 13.1 Å². The Balaban J connectivity index is 1.97. The summed E-state index contributed by atoms with van der Waals surface area (Å²) >= 11 is 0. The molecular formula is C17H26N4. The molecule has 1 aliphatic rings. The molecule has 0 aromatic heterocycles. The first-order valence-corrected chi connectivity index (χ1v) is 7.73. The summed E-state index contributed by atoms with van der Waals surface area (Å²) in [6.45, 7) is 8.36. The average Bonchev–Trinajstić information content (AvgIpc) is 2.53. The molecule has 3 N–H and O–H groups in total. The van der Waals surface area contributed by atoms with Gasteiger partial charge in [0.05, 0.1) is 6.54 Å². The first-order chi connectivity index (χ1) is 10.3. The van der Waals surface area contributed by atoms with Crippen LogP contribution in [0.4, 0.5) is 0 Å². The fourth-order valence-electron chi connectivity index (χ4n) is 2.63. The van der Waals surface area contributed by atoms with Gasteiger partial charge in [0, 0.05) is 13.1 Å². The molecule has 4 heteroatoms. The maximum atomic E-state index is 5.82. The van der Waals surface area contributed by atoms with Crippen LogP contribution in [0, 0.1) is 0 Å². The smallest absolute Gasteiger partial charge is 0.189 e. The van der Waals surface area contributed by atoms with Crippen LogP contribution in [0.2, 0.25) is 0 Å². The van der Waals surface area contributed by atoms with Crippen LogP contribution in [0.15, 0.2) is 41.9 Å². The van der Waals surface area contributed by atoms with E-state index in [-0.39, 0.29) is 0 Å². The van der Waals surface area contributed by atoms with E-state index in [0.29, 0.717) is 19.0 Å². The number of nitrogens with one attached hydrogen (secondary N) is 1. The lowest BCUT2D eigenvalue weighted by molar-refractivity contribution is 0.220. The van der Waals surface area contributed by atoms with Crippen LogP contribution in [0.3, 0.4) is 0 Å². The zero-order chi connectivity index (χ0) is 14.9. The summed E-state index contributed by atoms with van der Waals surface area (Å²) in [5, 5.41) is 3.00. The Hall–Kier alpha value is -1.81. The summed E-state index contributed by atoms with van der Waals surface area (Å²) in [6.07, 6.45) is 5.78. The molecule has 4 nitrogen and oxygen atoms in total. The number of nitrogens with zero attached hydrogens (tertiary/aromatic N) is 2. The number of hydrogen-bond donors (Lipinski definition) is 2. The largest absolute Gasteiger partial charge is 0.370 e. The molecule has 1 saturated heterocycles. The van der Waals surface area contributed by atoms with Crippen LogP contribution in [0.25, 0.3) is 0 Å². The van der Waals surface area contributed by atoms with Crippen molar-refractivity contribution in [1.29, 1.82) is 0 Å². The minimum absolute atomic E-state index is 0.475. The van der Waals surface area contributed by atoms with Crippen molar-refractivity contribution in [3.63, 3.8) is 0 Å². The lowest BCUT2D eigenvalue weighted by Gasteiger charge is -2.27. The van der Waals surface area contributed by atoms with E-state index in [9.17, 15) is 0 Å². The Labute approximate surface area is 127 Å². The lowest BCUT2D eigenvalue weighted by Crippen LogP contribution is -2.31. The quantitative estimate of drug-likeness (QED) is 0.479. The number of hydrogen-bond acceptors (Lipinski definition) is 2. The zero-order valence-electron chi connectivity index (χ0n) is 12.7. The van der Waals surface area contributed by atoms with Crippen LogP contribution in [0.1, 0.15) is 30.4 Å². The molecule has 0 aliphatic carbocycles. The van der Waals surface area contributed by atoms with E-state index in [1.165, 1.54) is 43.5 Å². The van der Waals surface area contributed by atoms with E-state index in [1.54, 1.807) is 6.08 Å². The Morgan fingerprint density at radius 2 is 1.95 bits per heavy atom. The molecule has 0 atom stereocenters. The summed E-state index contributed by atoms with van der Waals surface area (Å²) in [5.74, 6) is 0.475. The molecule has 0 spiro atoms. The Morgan fingerprint density at radius 1 is 1.24 bits per heavy atom. The third-order valence-electron chi connectivity index (χ3n) is 3.81. The van der Waals surface area contributed by atoms with Crippen molar-refractivity contribution in [2.24, 2.45) is 10.7 Å². The van der Waals surface area contributed by atoms with Gasteiger partial charge in [0.2, 0.25) is 0 Å². The van der Waals surface area contributed by atoms with E-state index < -0.39 is 0 Å². The second kappa shape index (κ2) is 8.47. The molecule has 0 bridgehead atoms. The van der Waals surface area contributed by atoms with Gasteiger partial charge in [0.15, 0.2) is 5.96 Å². The minimum Gasteiger partial charge on any atom is -0.370 e. The van der Waals surface area contributed by atoms with Crippen LogP contribution in [0.5, 0.6) is 0 Å². The highest BCUT2D eigenvalue weighted by Crippen LogP contribution is 2.16. The van der Waals surface area contributed by atoms with Crippen molar-refractivity contribution < 1.29 is 0 Å². The molecule has 1 aromatic rings. The zero-order valence-corrected chi connectivity index (χ0v) is 12.7. The standard InChI is InChI=1S/C17H26N4/c1-2-10-19-17(18)20-13-15-8-4-5-9-16(15)14-21-11-6-3-7-12-21/h2,4-5,8-9H,1,3,6-7,10-14H2,(H3,18,19,20). The second-order valence-corrected chi connectivity index (χ2v) is 5.48. The fourth-order valence-corrected chi connectivity index (χ4v) is 2.63. The maximum Gasteiger partial charge on any atom is 0.189 e. The van der Waals surface area contributed by atoms with E-state index in [0.717, 1.165) is 6.54 Å². The molecule has 1 fully saturated rings. The number of rotatable bonds is 6. The number of aliphatic imine (C=N–C) groups is 1. The van der Waals surface area contributed by atoms with Gasteiger partial charge in [-0.1, -0.05) is 36.8 Å². The Morgan fingerprint density at radius 3 is 2.67 bits per heavy atom. The Kier molecular flexibility index (Phi) is 6.28. The number of likely N-dealkylation sites (tertiary alicyclic amines) is 1. The van der Waals surface area contributed by atoms with Crippen molar-refractivity contribution in [2.45, 2.75) is 32.4 Å². The molecule has 0 amide bonds. The second-order valence-electron chi connectivity index (χ2n) is 5.48. The van der Waals surface area contributed by atoms with E-state index >= 15 is 0 Å². The molecule has 1 aromatic carbocycles. The number of benzene rings is 1. The first-order valence-electron chi connectivity index (χ1n) is 7.73. The molecule has 21 heavy (non-hydrogen) atoms. The van der Waals surface area contributed by atoms with Crippen LogP contribution < -0.4 is 11.1 Å². The van der Waals surface area contributed by atoms with Gasteiger partial charge in [0.25, 0.3) is 0 Å². The Bertz CT molecular complexity index is 475. The number of guanidine groups is 1. The van der Waals surface area contributed by atoms with Crippen LogP contribution in [-0.4, -0.2) is 30.5 Å². The SMILES string of the molecule is C=CCNC(N)=NCc1ccccc1CN1CCCCC1. The molecule has 0 unspecified atom stereocenters. The van der Waals surface area contributed by atoms with Gasteiger partial charge in [-0.05, 0) is 37.1 Å². The highest BCUT2D eigenvalue weighted by atomic mass is 15.1. The summed E-state index contributed by atoms with van der Waals surface area (Å²) in [4.78, 5) is 6.94. The van der Waals surface area contributed by atoms with Gasteiger partial charge in [-0.2, -0.15) is 0 Å². The van der Waals surface area contributed by atoms with E-state index in [2.05, 4.69) is 46.1 Å². The first kappa shape index (κ1) is 15.6. The molecule has 0 saturated carbocycles. The molecule has 1 aliphatic heterocycles. The minimum atomic E-state index is 0.475. The summed E-state index contributed by atoms with van der Waals surface area (Å²) in [5.41, 5.74) is 8.44. The van der Waals surface area contributed by atoms with Gasteiger partial charge in [0.1, 0.15) is 0 Å². The number of nitrogens with two attached hydrogens (primary N) is 1. The van der Waals surface area contributed by atoms with Gasteiger partial charge in [-0.3, -0.25) is 4.90 Å². The lowest BCUT2D eigenvalue weighted by atomic mass is 10.1. The summed E-state index contributed by atoms with van der Waals surface area (Å²) < 4.78 is 0. The van der Waals surface area contributed by atoms with E-state index in [1.807, 2.05) is 0 Å². The summed E-state index contributed by atoms with van der Waals surface area (Å²) in [6, 6.07) is 8.51. The van der Waals surface area contributed by atoms with Gasteiger partial charge < -0.3 is 11.1 Å². The normalized spacial score (nSPS) is 16.7. The molecule has 114 valence electrons. The monoisotopic (exact) mass is 286 g/mol. The average molecular weight is 286 g/mol. The van der Waals surface area contributed by atoms with Gasteiger partial charge in [-0.25, -0.2) is 4.99 Å². The predicted octanol–water partition coefficient (Wildman–Crippen LogP) is 2.26. The fraction of sp³-hybridized carbons (Fsp3) is 0.471. The van der Waals surface area contributed by atoms with Gasteiger partial charge >= 0.3 is 0 Å². The molecule has 0 radical (unpaired) electrons. The highest BCUT2D eigenvalue weighted by Gasteiger charge is 2.12. The van der Waals surface area contributed by atoms with Gasteiger partial charge in [-0.15, -0.1) is 6.58 Å². The molecule has 2 rings (SSSR count). The molecule has 1 heterocycles. The van der Waals surface area contributed by atoms with Crippen LogP contribution >= 0.6 is 0 Å². The van der Waals surface area contributed by atoms with Crippen molar-refractivity contribution in [2.75, 3.05) is 19.6 Å². The van der Waals surface area contributed by atoms with Crippen molar-refractivity contribution in [3.8, 4) is 0 Å². The number of piperidine rings is 1. The van der Waals surface area contributed by atoms with Crippen molar-refractivity contribution in [1.82, 2.24) is 10.2 Å². The van der Waals surface area contributed by atoms with Crippen molar-refractivity contribution in [3.05, 3.63) is 48.0 Å². The third kappa shape index (κ3) is 5.23. The third-order valence-corrected chi connectivity index (χ3v) is 3.81. The molecular weight excluding hydrogens is 260 g/mol. The topological polar surface area (TPSA) is 53.6 Å². The maximum absolute atomic E-state index is 5.82. The van der Waals surface area contributed by atoms with Crippen molar-refractivity contribution >= 4 is 5.96 Å². The summed E-state index contributed by atoms with van der Waals surface area (Å²) in [7, 11) is 0.